The number of nitrogens with one attached hydrogen (secondary N) is 1. The molecule has 19 heavy (non-hydrogen) atoms. The van der Waals surface area contributed by atoms with Crippen LogP contribution in [0.4, 0.5) is 4.79 Å². The van der Waals surface area contributed by atoms with Crippen molar-refractivity contribution in [2.24, 2.45) is 5.92 Å². The molecule has 110 valence electrons. The molecular formula is C13H25N3O3. The van der Waals surface area contributed by atoms with Crippen LogP contribution < -0.4 is 5.32 Å². The third-order valence-corrected chi connectivity index (χ3v) is 3.79. The van der Waals surface area contributed by atoms with Gasteiger partial charge in [0.25, 0.3) is 0 Å². The Bertz CT molecular complexity index is 344. The van der Waals surface area contributed by atoms with Crippen LogP contribution in [-0.4, -0.2) is 65.7 Å². The molecule has 0 aromatic rings. The summed E-state index contributed by atoms with van der Waals surface area (Å²) < 4.78 is 0. The number of carbonyl (C=O) groups is 2. The predicted octanol–water partition coefficient (Wildman–Crippen LogP) is 0.833. The number of amides is 2. The highest BCUT2D eigenvalue weighted by Crippen LogP contribution is 2.16. The van der Waals surface area contributed by atoms with Gasteiger partial charge < -0.3 is 20.2 Å². The third kappa shape index (κ3) is 3.83. The van der Waals surface area contributed by atoms with Crippen LogP contribution in [0.2, 0.25) is 0 Å². The summed E-state index contributed by atoms with van der Waals surface area (Å²) in [4.78, 5) is 26.9. The summed E-state index contributed by atoms with van der Waals surface area (Å²) >= 11 is 0. The van der Waals surface area contributed by atoms with E-state index in [-0.39, 0.29) is 6.03 Å². The molecule has 1 aliphatic rings. The van der Waals surface area contributed by atoms with Crippen LogP contribution in [0.25, 0.3) is 0 Å². The maximum Gasteiger partial charge on any atom is 0.329 e. The topological polar surface area (TPSA) is 72.9 Å². The van der Waals surface area contributed by atoms with Crippen LogP contribution in [0.15, 0.2) is 0 Å². The van der Waals surface area contributed by atoms with Gasteiger partial charge in [-0.3, -0.25) is 0 Å². The van der Waals surface area contributed by atoms with Gasteiger partial charge in [0.15, 0.2) is 0 Å². The SMILES string of the molecule is CCN(C(=O)NCC1CCN(C)C1)C(C)(C)C(=O)O. The minimum absolute atomic E-state index is 0.301. The van der Waals surface area contributed by atoms with Crippen molar-refractivity contribution in [1.82, 2.24) is 15.1 Å². The molecule has 6 nitrogen and oxygen atoms in total. The lowest BCUT2D eigenvalue weighted by Crippen LogP contribution is -2.56. The van der Waals surface area contributed by atoms with Crippen molar-refractivity contribution < 1.29 is 14.7 Å². The van der Waals surface area contributed by atoms with E-state index in [1.807, 2.05) is 0 Å². The number of aliphatic carboxylic acids is 1. The maximum absolute atomic E-state index is 12.1. The maximum atomic E-state index is 12.1. The second-order valence-electron chi connectivity index (χ2n) is 5.71. The Morgan fingerprint density at radius 1 is 1.47 bits per heavy atom. The first-order chi connectivity index (χ1) is 8.78. The first kappa shape index (κ1) is 15.8. The van der Waals surface area contributed by atoms with Crippen molar-refractivity contribution >= 4 is 12.0 Å². The summed E-state index contributed by atoms with van der Waals surface area (Å²) in [5.74, 6) is -0.536. The van der Waals surface area contributed by atoms with Crippen LogP contribution in [0.1, 0.15) is 27.2 Å². The molecule has 6 heteroatoms. The Morgan fingerprint density at radius 2 is 2.11 bits per heavy atom. The van der Waals surface area contributed by atoms with Crippen molar-refractivity contribution in [3.63, 3.8) is 0 Å². The molecule has 1 saturated heterocycles. The summed E-state index contributed by atoms with van der Waals surface area (Å²) in [5, 5.41) is 12.0. The molecule has 1 atom stereocenters. The Hall–Kier alpha value is -1.30. The Kier molecular flexibility index (Phi) is 5.17. The second kappa shape index (κ2) is 6.23. The zero-order valence-corrected chi connectivity index (χ0v) is 12.3. The van der Waals surface area contributed by atoms with Gasteiger partial charge in [-0.25, -0.2) is 9.59 Å². The highest BCUT2D eigenvalue weighted by molar-refractivity contribution is 5.85. The fraction of sp³-hybridized carbons (Fsp3) is 0.846. The van der Waals surface area contributed by atoms with Crippen LogP contribution in [0.5, 0.6) is 0 Å². The Balaban J connectivity index is 2.53. The molecule has 0 saturated carbocycles. The van der Waals surface area contributed by atoms with Gasteiger partial charge in [-0.15, -0.1) is 0 Å². The summed E-state index contributed by atoms with van der Waals surface area (Å²) in [7, 11) is 2.06. The van der Waals surface area contributed by atoms with E-state index < -0.39 is 11.5 Å². The molecule has 0 bridgehead atoms. The number of nitrogens with zero attached hydrogens (tertiary/aromatic N) is 2. The summed E-state index contributed by atoms with van der Waals surface area (Å²) in [6.07, 6.45) is 1.07. The third-order valence-electron chi connectivity index (χ3n) is 3.79. The van der Waals surface area contributed by atoms with Crippen molar-refractivity contribution in [3.05, 3.63) is 0 Å². The van der Waals surface area contributed by atoms with E-state index >= 15 is 0 Å². The lowest BCUT2D eigenvalue weighted by molar-refractivity contribution is -0.147. The summed E-state index contributed by atoms with van der Waals surface area (Å²) in [5.41, 5.74) is -1.19. The molecule has 2 N–H and O–H groups in total. The first-order valence-corrected chi connectivity index (χ1v) is 6.76. The molecule has 1 heterocycles. The van der Waals surface area contributed by atoms with E-state index in [1.54, 1.807) is 20.8 Å². The fourth-order valence-electron chi connectivity index (χ4n) is 2.43. The lowest BCUT2D eigenvalue weighted by Gasteiger charge is -2.34. The molecule has 0 aliphatic carbocycles. The van der Waals surface area contributed by atoms with Crippen molar-refractivity contribution in [3.8, 4) is 0 Å². The number of hydrogen-bond acceptors (Lipinski definition) is 3. The minimum atomic E-state index is -1.19. The number of carboxylic acids is 1. The summed E-state index contributed by atoms with van der Waals surface area (Å²) in [6, 6.07) is -0.301. The second-order valence-corrected chi connectivity index (χ2v) is 5.71. The van der Waals surface area contributed by atoms with E-state index in [1.165, 1.54) is 4.90 Å². The molecule has 0 spiro atoms. The van der Waals surface area contributed by atoms with Crippen molar-refractivity contribution in [1.29, 1.82) is 0 Å². The normalized spacial score (nSPS) is 20.3. The quantitative estimate of drug-likeness (QED) is 0.777. The zero-order chi connectivity index (χ0) is 14.6. The van der Waals surface area contributed by atoms with Gasteiger partial charge in [-0.2, -0.15) is 0 Å². The van der Waals surface area contributed by atoms with Gasteiger partial charge in [0.1, 0.15) is 5.54 Å². The van der Waals surface area contributed by atoms with Crippen molar-refractivity contribution in [2.45, 2.75) is 32.7 Å². The molecule has 1 fully saturated rings. The number of urea groups is 1. The molecule has 2 amide bonds. The van der Waals surface area contributed by atoms with Gasteiger partial charge in [-0.05, 0) is 46.7 Å². The van der Waals surface area contributed by atoms with Gasteiger partial charge >= 0.3 is 12.0 Å². The first-order valence-electron chi connectivity index (χ1n) is 6.76. The number of likely N-dealkylation sites (N-methyl/N-ethyl adjacent to an activating group) is 1. The molecular weight excluding hydrogens is 246 g/mol. The molecule has 0 aromatic heterocycles. The molecule has 0 aromatic carbocycles. The largest absolute Gasteiger partial charge is 0.480 e. The molecule has 1 rings (SSSR count). The standard InChI is InChI=1S/C13H25N3O3/c1-5-16(13(2,3)11(17)18)12(19)14-8-10-6-7-15(4)9-10/h10H,5-9H2,1-4H3,(H,14,19)(H,17,18). The number of carboxylic acid groups (broad SMARTS) is 1. The van der Waals surface area contributed by atoms with E-state index in [0.29, 0.717) is 19.0 Å². The monoisotopic (exact) mass is 271 g/mol. The van der Waals surface area contributed by atoms with Crippen molar-refractivity contribution in [2.75, 3.05) is 33.2 Å². The van der Waals surface area contributed by atoms with Gasteiger partial charge in [0, 0.05) is 19.6 Å². The van der Waals surface area contributed by atoms with Gasteiger partial charge in [0.2, 0.25) is 0 Å². The Labute approximate surface area is 114 Å². The van der Waals surface area contributed by atoms with Crippen LogP contribution >= 0.6 is 0 Å². The van der Waals surface area contributed by atoms with Crippen LogP contribution in [0.3, 0.4) is 0 Å². The van der Waals surface area contributed by atoms with E-state index in [0.717, 1.165) is 19.5 Å². The van der Waals surface area contributed by atoms with Gasteiger partial charge in [-0.1, -0.05) is 0 Å². The predicted molar refractivity (Wildman–Crippen MR) is 73.1 cm³/mol. The highest BCUT2D eigenvalue weighted by Gasteiger charge is 2.37. The average molecular weight is 271 g/mol. The van der Waals surface area contributed by atoms with E-state index in [2.05, 4.69) is 17.3 Å². The summed E-state index contributed by atoms with van der Waals surface area (Å²) in [6.45, 7) is 7.88. The molecule has 0 radical (unpaired) electrons. The van der Waals surface area contributed by atoms with Crippen LogP contribution in [-0.2, 0) is 4.79 Å². The van der Waals surface area contributed by atoms with E-state index in [4.69, 9.17) is 0 Å². The van der Waals surface area contributed by atoms with E-state index in [9.17, 15) is 14.7 Å². The minimum Gasteiger partial charge on any atom is -0.480 e. The average Bonchev–Trinajstić information content (AvgIpc) is 2.73. The fourth-order valence-corrected chi connectivity index (χ4v) is 2.43. The zero-order valence-electron chi connectivity index (χ0n) is 12.3. The lowest BCUT2D eigenvalue weighted by atomic mass is 10.0. The molecule has 1 unspecified atom stereocenters. The number of carbonyl (C=O) groups excluding carboxylic acids is 1. The molecule has 1 aliphatic heterocycles. The van der Waals surface area contributed by atoms with Gasteiger partial charge in [0.05, 0.1) is 0 Å². The van der Waals surface area contributed by atoms with Crippen LogP contribution in [0, 0.1) is 5.92 Å². The smallest absolute Gasteiger partial charge is 0.329 e. The highest BCUT2D eigenvalue weighted by atomic mass is 16.4. The number of rotatable bonds is 5. The Morgan fingerprint density at radius 3 is 2.53 bits per heavy atom. The number of hydrogen-bond donors (Lipinski definition) is 2. The number of likely N-dealkylation sites (tertiary alicyclic amines) is 1.